The Morgan fingerprint density at radius 1 is 1.50 bits per heavy atom. The molecule has 1 aliphatic rings. The van der Waals surface area contributed by atoms with Crippen molar-refractivity contribution in [1.82, 2.24) is 10.6 Å². The van der Waals surface area contributed by atoms with Crippen LogP contribution in [0.1, 0.15) is 13.3 Å². The number of sulfone groups is 1. The quantitative estimate of drug-likeness (QED) is 0.663. The zero-order valence-electron chi connectivity index (χ0n) is 8.91. The van der Waals surface area contributed by atoms with Crippen LogP contribution in [0, 0.1) is 5.92 Å². The molecule has 0 spiro atoms. The Hall–Kier alpha value is -0.130. The first-order chi connectivity index (χ1) is 6.53. The van der Waals surface area contributed by atoms with E-state index in [9.17, 15) is 8.42 Å². The fourth-order valence-electron chi connectivity index (χ4n) is 1.78. The first kappa shape index (κ1) is 11.9. The van der Waals surface area contributed by atoms with Crippen LogP contribution in [0.3, 0.4) is 0 Å². The van der Waals surface area contributed by atoms with Crippen molar-refractivity contribution < 1.29 is 8.42 Å². The Labute approximate surface area is 86.4 Å². The van der Waals surface area contributed by atoms with Gasteiger partial charge in [-0.15, -0.1) is 0 Å². The number of hydrogen-bond donors (Lipinski definition) is 2. The van der Waals surface area contributed by atoms with Crippen LogP contribution in [0.25, 0.3) is 0 Å². The summed E-state index contributed by atoms with van der Waals surface area (Å²) in [5.41, 5.74) is 0. The fraction of sp³-hybridized carbons (Fsp3) is 1.00. The van der Waals surface area contributed by atoms with Gasteiger partial charge in [0, 0.05) is 12.6 Å². The minimum absolute atomic E-state index is 0.319. The molecule has 2 atom stereocenters. The van der Waals surface area contributed by atoms with Gasteiger partial charge < -0.3 is 10.6 Å². The third-order valence-electron chi connectivity index (χ3n) is 2.59. The monoisotopic (exact) mass is 220 g/mol. The van der Waals surface area contributed by atoms with Crippen molar-refractivity contribution >= 4 is 9.84 Å². The van der Waals surface area contributed by atoms with Crippen molar-refractivity contribution in [2.24, 2.45) is 5.92 Å². The van der Waals surface area contributed by atoms with E-state index in [2.05, 4.69) is 17.6 Å². The van der Waals surface area contributed by atoms with Gasteiger partial charge in [-0.1, -0.05) is 0 Å². The minimum Gasteiger partial charge on any atom is -0.318 e. The predicted octanol–water partition coefficient (Wildman–Crippen LogP) is -0.381. The normalized spacial score (nSPS) is 27.7. The Kier molecular flexibility index (Phi) is 4.34. The fourth-order valence-corrected chi connectivity index (χ4v) is 3.64. The molecule has 0 aromatic carbocycles. The van der Waals surface area contributed by atoms with E-state index in [1.54, 1.807) is 0 Å². The van der Waals surface area contributed by atoms with Gasteiger partial charge in [0.1, 0.15) is 0 Å². The average molecular weight is 220 g/mol. The van der Waals surface area contributed by atoms with Crippen molar-refractivity contribution in [3.63, 3.8) is 0 Å². The third kappa shape index (κ3) is 3.94. The lowest BCUT2D eigenvalue weighted by Gasteiger charge is -2.15. The zero-order chi connectivity index (χ0) is 10.6. The zero-order valence-corrected chi connectivity index (χ0v) is 9.73. The van der Waals surface area contributed by atoms with Gasteiger partial charge in [0.15, 0.2) is 9.84 Å². The lowest BCUT2D eigenvalue weighted by atomic mass is 10.1. The second-order valence-electron chi connectivity index (χ2n) is 4.14. The van der Waals surface area contributed by atoms with Crippen LogP contribution >= 0.6 is 0 Å². The Morgan fingerprint density at radius 2 is 2.21 bits per heavy atom. The summed E-state index contributed by atoms with van der Waals surface area (Å²) in [4.78, 5) is 0. The Morgan fingerprint density at radius 3 is 2.71 bits per heavy atom. The highest BCUT2D eigenvalue weighted by Gasteiger charge is 2.27. The van der Waals surface area contributed by atoms with E-state index in [0.717, 1.165) is 19.5 Å². The molecular formula is C9H20N2O2S. The molecule has 0 saturated carbocycles. The van der Waals surface area contributed by atoms with E-state index in [4.69, 9.17) is 0 Å². The van der Waals surface area contributed by atoms with Crippen LogP contribution in [0.2, 0.25) is 0 Å². The van der Waals surface area contributed by atoms with Gasteiger partial charge in [0.25, 0.3) is 0 Å². The van der Waals surface area contributed by atoms with E-state index in [-0.39, 0.29) is 0 Å². The molecule has 1 aliphatic heterocycles. The smallest absolute Gasteiger partial charge is 0.150 e. The van der Waals surface area contributed by atoms with Gasteiger partial charge in [-0.25, -0.2) is 8.42 Å². The summed E-state index contributed by atoms with van der Waals surface area (Å²) in [7, 11) is -0.796. The van der Waals surface area contributed by atoms with Gasteiger partial charge >= 0.3 is 0 Å². The van der Waals surface area contributed by atoms with Crippen LogP contribution in [0.4, 0.5) is 0 Å². The SMILES string of the molecule is CNCC(C)NCC1CCS(=O)(=O)C1. The first-order valence-corrected chi connectivity index (χ1v) is 6.94. The van der Waals surface area contributed by atoms with Crippen molar-refractivity contribution in [2.45, 2.75) is 19.4 Å². The minimum atomic E-state index is -2.71. The highest BCUT2D eigenvalue weighted by atomic mass is 32.2. The van der Waals surface area contributed by atoms with Crippen LogP contribution in [-0.4, -0.2) is 46.1 Å². The maximum Gasteiger partial charge on any atom is 0.150 e. The molecule has 0 bridgehead atoms. The summed E-state index contributed by atoms with van der Waals surface area (Å²) >= 11 is 0. The molecule has 84 valence electrons. The molecule has 5 heteroatoms. The summed E-state index contributed by atoms with van der Waals surface area (Å²) in [6.07, 6.45) is 0.821. The summed E-state index contributed by atoms with van der Waals surface area (Å²) < 4.78 is 22.3. The summed E-state index contributed by atoms with van der Waals surface area (Å²) in [5, 5.41) is 6.41. The molecule has 14 heavy (non-hydrogen) atoms. The van der Waals surface area contributed by atoms with Crippen LogP contribution in [-0.2, 0) is 9.84 Å². The number of nitrogens with one attached hydrogen (secondary N) is 2. The van der Waals surface area contributed by atoms with Crippen molar-refractivity contribution in [3.8, 4) is 0 Å². The predicted molar refractivity (Wildman–Crippen MR) is 58.2 cm³/mol. The molecule has 1 heterocycles. The van der Waals surface area contributed by atoms with Gasteiger partial charge in [0.05, 0.1) is 11.5 Å². The first-order valence-electron chi connectivity index (χ1n) is 5.12. The van der Waals surface area contributed by atoms with Crippen LogP contribution in [0.5, 0.6) is 0 Å². The Balaban J connectivity index is 2.20. The average Bonchev–Trinajstić information content (AvgIpc) is 2.43. The molecule has 2 N–H and O–H groups in total. The van der Waals surface area contributed by atoms with E-state index < -0.39 is 9.84 Å². The molecule has 0 aliphatic carbocycles. The van der Waals surface area contributed by atoms with Crippen molar-refractivity contribution in [3.05, 3.63) is 0 Å². The standard InChI is InChI=1S/C9H20N2O2S/c1-8(5-10-2)11-6-9-3-4-14(12,13)7-9/h8-11H,3-7H2,1-2H3. The highest BCUT2D eigenvalue weighted by molar-refractivity contribution is 7.91. The van der Waals surface area contributed by atoms with E-state index in [1.165, 1.54) is 0 Å². The van der Waals surface area contributed by atoms with Crippen molar-refractivity contribution in [2.75, 3.05) is 31.6 Å². The molecule has 0 radical (unpaired) electrons. The number of likely N-dealkylation sites (N-methyl/N-ethyl adjacent to an activating group) is 1. The van der Waals surface area contributed by atoms with Gasteiger partial charge in [-0.2, -0.15) is 0 Å². The number of rotatable bonds is 5. The second kappa shape index (κ2) is 5.09. The molecule has 0 aromatic rings. The summed E-state index contributed by atoms with van der Waals surface area (Å²) in [6.45, 7) is 3.83. The summed E-state index contributed by atoms with van der Waals surface area (Å²) in [5.74, 6) is 1.06. The molecule has 0 amide bonds. The molecule has 1 fully saturated rings. The molecule has 0 aromatic heterocycles. The van der Waals surface area contributed by atoms with Gasteiger partial charge in [-0.3, -0.25) is 0 Å². The van der Waals surface area contributed by atoms with Gasteiger partial charge in [-0.05, 0) is 32.9 Å². The molecule has 2 unspecified atom stereocenters. The summed E-state index contributed by atoms with van der Waals surface area (Å²) in [6, 6.07) is 0.406. The second-order valence-corrected chi connectivity index (χ2v) is 6.36. The van der Waals surface area contributed by atoms with Crippen LogP contribution in [0.15, 0.2) is 0 Å². The van der Waals surface area contributed by atoms with E-state index in [0.29, 0.717) is 23.5 Å². The largest absolute Gasteiger partial charge is 0.318 e. The van der Waals surface area contributed by atoms with Crippen molar-refractivity contribution in [1.29, 1.82) is 0 Å². The molecule has 1 rings (SSSR count). The topological polar surface area (TPSA) is 58.2 Å². The van der Waals surface area contributed by atoms with E-state index >= 15 is 0 Å². The van der Waals surface area contributed by atoms with E-state index in [1.807, 2.05) is 7.05 Å². The molecular weight excluding hydrogens is 200 g/mol. The maximum absolute atomic E-state index is 11.2. The molecule has 4 nitrogen and oxygen atoms in total. The highest BCUT2D eigenvalue weighted by Crippen LogP contribution is 2.17. The maximum atomic E-state index is 11.2. The van der Waals surface area contributed by atoms with Crippen LogP contribution < -0.4 is 10.6 Å². The lowest BCUT2D eigenvalue weighted by molar-refractivity contribution is 0.456. The molecule has 1 saturated heterocycles. The lowest BCUT2D eigenvalue weighted by Crippen LogP contribution is -2.37. The Bertz CT molecular complexity index is 264. The number of hydrogen-bond acceptors (Lipinski definition) is 4. The third-order valence-corrected chi connectivity index (χ3v) is 4.43. The van der Waals surface area contributed by atoms with Gasteiger partial charge in [0.2, 0.25) is 0 Å².